The monoisotopic (exact) mass is 301 g/mol. The first kappa shape index (κ1) is 15.3. The summed E-state index contributed by atoms with van der Waals surface area (Å²) in [7, 11) is 0. The first-order valence-corrected chi connectivity index (χ1v) is 8.55. The lowest BCUT2D eigenvalue weighted by molar-refractivity contribution is 0.161. The summed E-state index contributed by atoms with van der Waals surface area (Å²) in [6.07, 6.45) is 5.12. The highest BCUT2D eigenvalue weighted by atomic mass is 16.2. The van der Waals surface area contributed by atoms with Crippen molar-refractivity contribution in [2.24, 2.45) is 0 Å². The summed E-state index contributed by atoms with van der Waals surface area (Å²) in [6.45, 7) is 6.89. The third-order valence-electron chi connectivity index (χ3n) is 4.92. The molecule has 1 aromatic carbocycles. The van der Waals surface area contributed by atoms with Gasteiger partial charge in [0.05, 0.1) is 0 Å². The van der Waals surface area contributed by atoms with Crippen molar-refractivity contribution >= 4 is 6.03 Å². The molecule has 1 N–H and O–H groups in total. The Kier molecular flexibility index (Phi) is 4.98. The highest BCUT2D eigenvalue weighted by molar-refractivity contribution is 5.74. The summed E-state index contributed by atoms with van der Waals surface area (Å²) in [5.41, 5.74) is 2.41. The molecule has 4 heteroatoms. The molecule has 2 aliphatic heterocycles. The van der Waals surface area contributed by atoms with E-state index in [2.05, 4.69) is 41.4 Å². The summed E-state index contributed by atoms with van der Waals surface area (Å²) in [4.78, 5) is 16.9. The molecule has 1 atom stereocenters. The van der Waals surface area contributed by atoms with Crippen molar-refractivity contribution in [2.75, 3.05) is 26.2 Å². The number of carbonyl (C=O) groups excluding carboxylic acids is 1. The number of benzene rings is 1. The summed E-state index contributed by atoms with van der Waals surface area (Å²) in [5.74, 6) is 0. The molecule has 0 bridgehead atoms. The van der Waals surface area contributed by atoms with Gasteiger partial charge in [-0.05, 0) is 44.8 Å². The highest BCUT2D eigenvalue weighted by Gasteiger charge is 2.30. The number of rotatable bonds is 3. The average Bonchev–Trinajstić information content (AvgIpc) is 3.05. The van der Waals surface area contributed by atoms with E-state index >= 15 is 0 Å². The van der Waals surface area contributed by atoms with Gasteiger partial charge in [0.2, 0.25) is 0 Å². The minimum Gasteiger partial charge on any atom is -0.334 e. The van der Waals surface area contributed by atoms with Gasteiger partial charge in [0.15, 0.2) is 0 Å². The number of aryl methyl sites for hydroxylation is 1. The molecule has 2 heterocycles. The van der Waals surface area contributed by atoms with E-state index in [1.165, 1.54) is 37.9 Å². The molecule has 1 aromatic rings. The highest BCUT2D eigenvalue weighted by Crippen LogP contribution is 2.20. The van der Waals surface area contributed by atoms with Crippen LogP contribution in [0.25, 0.3) is 0 Å². The van der Waals surface area contributed by atoms with Crippen LogP contribution in [0.5, 0.6) is 0 Å². The largest absolute Gasteiger partial charge is 0.334 e. The van der Waals surface area contributed by atoms with Gasteiger partial charge in [-0.15, -0.1) is 0 Å². The van der Waals surface area contributed by atoms with E-state index in [1.807, 2.05) is 4.90 Å². The summed E-state index contributed by atoms with van der Waals surface area (Å²) >= 11 is 0. The fraction of sp³-hybridized carbons (Fsp3) is 0.611. The second kappa shape index (κ2) is 7.14. The maximum atomic E-state index is 12.3. The normalized spacial score (nSPS) is 22.8. The molecule has 0 unspecified atom stereocenters. The number of carbonyl (C=O) groups is 1. The van der Waals surface area contributed by atoms with Crippen LogP contribution in [-0.2, 0) is 6.54 Å². The number of amides is 2. The van der Waals surface area contributed by atoms with Crippen LogP contribution in [0.4, 0.5) is 4.79 Å². The van der Waals surface area contributed by atoms with Gasteiger partial charge in [0, 0.05) is 25.7 Å². The van der Waals surface area contributed by atoms with E-state index in [1.54, 1.807) is 0 Å². The predicted octanol–water partition coefficient (Wildman–Crippen LogP) is 2.76. The fourth-order valence-corrected chi connectivity index (χ4v) is 3.50. The molecule has 0 radical (unpaired) electrons. The Labute approximate surface area is 133 Å². The van der Waals surface area contributed by atoms with Gasteiger partial charge < -0.3 is 10.2 Å². The van der Waals surface area contributed by atoms with E-state index in [-0.39, 0.29) is 6.03 Å². The van der Waals surface area contributed by atoms with E-state index in [4.69, 9.17) is 0 Å². The van der Waals surface area contributed by atoms with Crippen LogP contribution in [0.3, 0.4) is 0 Å². The lowest BCUT2D eigenvalue weighted by atomic mass is 10.1. The quantitative estimate of drug-likeness (QED) is 0.932. The van der Waals surface area contributed by atoms with Crippen molar-refractivity contribution < 1.29 is 4.79 Å². The number of hydrogen-bond acceptors (Lipinski definition) is 2. The van der Waals surface area contributed by atoms with Crippen molar-refractivity contribution in [1.82, 2.24) is 15.1 Å². The van der Waals surface area contributed by atoms with Crippen molar-refractivity contribution in [2.45, 2.75) is 45.2 Å². The van der Waals surface area contributed by atoms with Crippen LogP contribution in [0.1, 0.15) is 36.8 Å². The molecule has 0 aliphatic carbocycles. The second-order valence-electron chi connectivity index (χ2n) is 6.63. The van der Waals surface area contributed by atoms with Gasteiger partial charge in [-0.25, -0.2) is 4.79 Å². The Morgan fingerprint density at radius 1 is 1.14 bits per heavy atom. The van der Waals surface area contributed by atoms with Crippen molar-refractivity contribution in [3.05, 3.63) is 35.4 Å². The van der Waals surface area contributed by atoms with Gasteiger partial charge in [-0.2, -0.15) is 0 Å². The molecule has 4 nitrogen and oxygen atoms in total. The zero-order valence-electron chi connectivity index (χ0n) is 13.6. The molecular weight excluding hydrogens is 274 g/mol. The molecule has 2 saturated heterocycles. The summed E-state index contributed by atoms with van der Waals surface area (Å²) < 4.78 is 0. The molecule has 0 spiro atoms. The number of piperidine rings is 1. The zero-order chi connectivity index (χ0) is 15.4. The smallest absolute Gasteiger partial charge is 0.317 e. The molecule has 22 heavy (non-hydrogen) atoms. The lowest BCUT2D eigenvalue weighted by Gasteiger charge is -2.32. The van der Waals surface area contributed by atoms with Gasteiger partial charge >= 0.3 is 6.03 Å². The third kappa shape index (κ3) is 3.80. The minimum atomic E-state index is 0.0834. The van der Waals surface area contributed by atoms with Gasteiger partial charge in [0.25, 0.3) is 0 Å². The Hall–Kier alpha value is -1.55. The number of nitrogens with one attached hydrogen (secondary N) is 1. The van der Waals surface area contributed by atoms with Crippen molar-refractivity contribution in [1.29, 1.82) is 0 Å². The van der Waals surface area contributed by atoms with E-state index in [0.29, 0.717) is 12.6 Å². The number of urea groups is 1. The van der Waals surface area contributed by atoms with Crippen molar-refractivity contribution in [3.8, 4) is 0 Å². The van der Waals surface area contributed by atoms with Crippen LogP contribution in [-0.4, -0.2) is 48.1 Å². The second-order valence-corrected chi connectivity index (χ2v) is 6.63. The fourth-order valence-electron chi connectivity index (χ4n) is 3.50. The maximum absolute atomic E-state index is 12.3. The third-order valence-corrected chi connectivity index (χ3v) is 4.92. The molecule has 0 saturated carbocycles. The SMILES string of the molecule is Cc1ccc(CNC(=O)N2CC[C@H](N3CCCCC3)C2)cc1. The standard InChI is InChI=1S/C18H27N3O/c1-15-5-7-16(8-6-15)13-19-18(22)21-12-9-17(14-21)20-10-3-2-4-11-20/h5-8,17H,2-4,9-14H2,1H3,(H,19,22)/t17-/m0/s1. The lowest BCUT2D eigenvalue weighted by Crippen LogP contribution is -2.43. The molecule has 120 valence electrons. The summed E-state index contributed by atoms with van der Waals surface area (Å²) in [6, 6.07) is 8.99. The van der Waals surface area contributed by atoms with E-state index < -0.39 is 0 Å². The topological polar surface area (TPSA) is 35.6 Å². The number of hydrogen-bond donors (Lipinski definition) is 1. The van der Waals surface area contributed by atoms with Crippen LogP contribution < -0.4 is 5.32 Å². The molecule has 2 aliphatic rings. The number of likely N-dealkylation sites (tertiary alicyclic amines) is 2. The zero-order valence-corrected chi connectivity index (χ0v) is 13.6. The Bertz CT molecular complexity index is 494. The average molecular weight is 301 g/mol. The molecule has 3 rings (SSSR count). The van der Waals surface area contributed by atoms with E-state index in [0.717, 1.165) is 25.1 Å². The first-order chi connectivity index (χ1) is 10.7. The molecule has 0 aromatic heterocycles. The van der Waals surface area contributed by atoms with Crippen LogP contribution in [0.15, 0.2) is 24.3 Å². The van der Waals surface area contributed by atoms with Crippen molar-refractivity contribution in [3.63, 3.8) is 0 Å². The molecular formula is C18H27N3O. The van der Waals surface area contributed by atoms with Gasteiger partial charge in [-0.3, -0.25) is 4.90 Å². The van der Waals surface area contributed by atoms with Gasteiger partial charge in [0.1, 0.15) is 0 Å². The Morgan fingerprint density at radius 2 is 1.86 bits per heavy atom. The Balaban J connectivity index is 1.45. The summed E-state index contributed by atoms with van der Waals surface area (Å²) in [5, 5.41) is 3.05. The van der Waals surface area contributed by atoms with E-state index in [9.17, 15) is 4.79 Å². The van der Waals surface area contributed by atoms with Gasteiger partial charge in [-0.1, -0.05) is 36.2 Å². The minimum absolute atomic E-state index is 0.0834. The first-order valence-electron chi connectivity index (χ1n) is 8.55. The maximum Gasteiger partial charge on any atom is 0.317 e. The van der Waals surface area contributed by atoms with Crippen LogP contribution >= 0.6 is 0 Å². The number of nitrogens with zero attached hydrogens (tertiary/aromatic N) is 2. The molecule has 2 fully saturated rings. The molecule has 2 amide bonds. The van der Waals surface area contributed by atoms with Crippen LogP contribution in [0.2, 0.25) is 0 Å². The Morgan fingerprint density at radius 3 is 2.59 bits per heavy atom. The predicted molar refractivity (Wildman–Crippen MR) is 88.8 cm³/mol. The van der Waals surface area contributed by atoms with Crippen LogP contribution in [0, 0.1) is 6.92 Å².